The average Bonchev–Trinajstić information content (AvgIpc) is 3.53. The molecule has 0 atom stereocenters. The zero-order chi connectivity index (χ0) is 26.7. The molecule has 0 N–H and O–H groups in total. The van der Waals surface area contributed by atoms with E-state index in [0.717, 1.165) is 74.2 Å². The lowest BCUT2D eigenvalue weighted by Gasteiger charge is -2.25. The van der Waals surface area contributed by atoms with Gasteiger partial charge in [-0.1, -0.05) is 18.6 Å². The van der Waals surface area contributed by atoms with Crippen LogP contribution in [-0.4, -0.2) is 56.1 Å². The largest absolute Gasteiger partial charge is 0.454 e. The maximum Gasteiger partial charge on any atom is 0.243 e. The third-order valence-electron chi connectivity index (χ3n) is 7.40. The fraction of sp³-hybridized carbons (Fsp3) is 0.483. The van der Waals surface area contributed by atoms with E-state index >= 15 is 0 Å². The minimum atomic E-state index is -3.66. The summed E-state index contributed by atoms with van der Waals surface area (Å²) >= 11 is 0. The molecule has 2 aliphatic heterocycles. The Balaban J connectivity index is 1.34. The van der Waals surface area contributed by atoms with E-state index in [2.05, 4.69) is 29.1 Å². The second-order valence-electron chi connectivity index (χ2n) is 10.4. The van der Waals surface area contributed by atoms with E-state index in [-0.39, 0.29) is 6.79 Å². The second-order valence-corrected chi connectivity index (χ2v) is 12.3. The Hall–Kier alpha value is -2.88. The van der Waals surface area contributed by atoms with Gasteiger partial charge in [0, 0.05) is 32.1 Å². The van der Waals surface area contributed by atoms with Gasteiger partial charge in [0.1, 0.15) is 0 Å². The van der Waals surface area contributed by atoms with Crippen molar-refractivity contribution < 1.29 is 22.3 Å². The first kappa shape index (κ1) is 26.7. The molecule has 38 heavy (non-hydrogen) atoms. The number of aryl methyl sites for hydroxylation is 3. The molecule has 3 heterocycles. The lowest BCUT2D eigenvalue weighted by atomic mass is 9.99. The number of rotatable bonds is 3. The Morgan fingerprint density at radius 1 is 0.868 bits per heavy atom. The summed E-state index contributed by atoms with van der Waals surface area (Å²) in [6.45, 7) is 6.65. The maximum absolute atomic E-state index is 13.9. The van der Waals surface area contributed by atoms with Gasteiger partial charge < -0.3 is 18.8 Å². The lowest BCUT2D eigenvalue weighted by molar-refractivity contribution is 0.174. The smallest absolute Gasteiger partial charge is 0.243 e. The quantitative estimate of drug-likeness (QED) is 0.446. The van der Waals surface area contributed by atoms with Crippen molar-refractivity contribution in [2.75, 3.05) is 33.5 Å². The molecule has 204 valence electrons. The second kappa shape index (κ2) is 11.5. The van der Waals surface area contributed by atoms with Crippen molar-refractivity contribution in [1.29, 1.82) is 0 Å². The van der Waals surface area contributed by atoms with Gasteiger partial charge in [0.15, 0.2) is 23.1 Å². The van der Waals surface area contributed by atoms with E-state index in [9.17, 15) is 8.42 Å². The number of nitrogens with zero attached hydrogens (tertiary/aromatic N) is 3. The summed E-state index contributed by atoms with van der Waals surface area (Å²) in [7, 11) is -1.54. The highest BCUT2D eigenvalue weighted by atomic mass is 32.2. The van der Waals surface area contributed by atoms with Crippen LogP contribution in [0.2, 0.25) is 0 Å². The van der Waals surface area contributed by atoms with Crippen LogP contribution in [0.25, 0.3) is 11.3 Å². The number of fused-ring (bicyclic) bond motifs is 2. The summed E-state index contributed by atoms with van der Waals surface area (Å²) in [5.41, 5.74) is 4.03. The van der Waals surface area contributed by atoms with Gasteiger partial charge in [0.05, 0.1) is 11.1 Å². The van der Waals surface area contributed by atoms with E-state index in [1.165, 1.54) is 11.1 Å². The van der Waals surface area contributed by atoms with E-state index in [4.69, 9.17) is 13.9 Å². The van der Waals surface area contributed by atoms with Crippen molar-refractivity contribution >= 4 is 10.0 Å². The molecule has 0 unspecified atom stereocenters. The predicted octanol–water partition coefficient (Wildman–Crippen LogP) is 5.32. The van der Waals surface area contributed by atoms with Crippen molar-refractivity contribution in [2.45, 2.75) is 63.8 Å². The first-order chi connectivity index (χ1) is 18.3. The number of aromatic nitrogens is 1. The molecule has 0 radical (unpaired) electrons. The topological polar surface area (TPSA) is 85.1 Å². The molecule has 5 rings (SSSR count). The van der Waals surface area contributed by atoms with Crippen molar-refractivity contribution in [1.82, 2.24) is 14.2 Å². The van der Waals surface area contributed by atoms with Crippen molar-refractivity contribution in [2.24, 2.45) is 0 Å². The molecule has 0 saturated heterocycles. The van der Waals surface area contributed by atoms with Crippen LogP contribution < -0.4 is 9.47 Å². The van der Waals surface area contributed by atoms with Crippen LogP contribution in [0.3, 0.4) is 0 Å². The summed E-state index contributed by atoms with van der Waals surface area (Å²) in [4.78, 5) is 6.81. The molecular formula is C29H37N3O5S. The standard InChI is InChI=1S/C29H37N3O5S/c1-21-10-11-24(28-18-30-22(2)37-28)17-29(21)38(33,34)32-13-6-4-5-9-23-15-26-27(36-20-35-26)16-25(23)19-31(3)12-7-8-14-32/h10-11,15-18H,4-9,12-14,19-20H2,1-3H3. The highest BCUT2D eigenvalue weighted by molar-refractivity contribution is 7.89. The van der Waals surface area contributed by atoms with Gasteiger partial charge in [-0.25, -0.2) is 13.4 Å². The molecule has 0 saturated carbocycles. The van der Waals surface area contributed by atoms with Crippen LogP contribution >= 0.6 is 0 Å². The molecular weight excluding hydrogens is 502 g/mol. The van der Waals surface area contributed by atoms with E-state index in [1.54, 1.807) is 23.5 Å². The monoisotopic (exact) mass is 539 g/mol. The number of sulfonamides is 1. The molecule has 0 fully saturated rings. The van der Waals surface area contributed by atoms with Gasteiger partial charge in [-0.05, 0) is 87.5 Å². The zero-order valence-electron chi connectivity index (χ0n) is 22.5. The third-order valence-corrected chi connectivity index (χ3v) is 9.44. The summed E-state index contributed by atoms with van der Waals surface area (Å²) in [6.07, 6.45) is 7.05. The van der Waals surface area contributed by atoms with Crippen LogP contribution in [0.15, 0.2) is 45.8 Å². The van der Waals surface area contributed by atoms with Gasteiger partial charge in [-0.2, -0.15) is 4.31 Å². The summed E-state index contributed by atoms with van der Waals surface area (Å²) in [5.74, 6) is 2.78. The molecule has 0 aliphatic carbocycles. The average molecular weight is 540 g/mol. The Morgan fingerprint density at radius 2 is 1.58 bits per heavy atom. The molecule has 0 amide bonds. The van der Waals surface area contributed by atoms with Crippen LogP contribution in [0.5, 0.6) is 11.5 Å². The fourth-order valence-corrected chi connectivity index (χ4v) is 7.01. The maximum atomic E-state index is 13.9. The molecule has 1 aromatic heterocycles. The van der Waals surface area contributed by atoms with Gasteiger partial charge in [0.2, 0.25) is 16.8 Å². The Labute approximate surface area is 225 Å². The van der Waals surface area contributed by atoms with Crippen LogP contribution in [0.4, 0.5) is 0 Å². The van der Waals surface area contributed by atoms with Gasteiger partial charge in [0.25, 0.3) is 0 Å². The summed E-state index contributed by atoms with van der Waals surface area (Å²) < 4.78 is 46.4. The molecule has 0 bridgehead atoms. The number of ether oxygens (including phenoxy) is 2. The first-order valence-electron chi connectivity index (χ1n) is 13.4. The van der Waals surface area contributed by atoms with Crippen LogP contribution in [0, 0.1) is 13.8 Å². The molecule has 3 aromatic rings. The van der Waals surface area contributed by atoms with Crippen molar-refractivity contribution in [3.63, 3.8) is 0 Å². The van der Waals surface area contributed by atoms with Gasteiger partial charge in [-0.3, -0.25) is 0 Å². The summed E-state index contributed by atoms with van der Waals surface area (Å²) in [6, 6.07) is 9.72. The normalized spacial score (nSPS) is 18.2. The van der Waals surface area contributed by atoms with Gasteiger partial charge >= 0.3 is 0 Å². The third kappa shape index (κ3) is 5.90. The van der Waals surface area contributed by atoms with E-state index in [0.29, 0.717) is 29.6 Å². The number of oxazole rings is 1. The molecule has 2 aromatic carbocycles. The highest BCUT2D eigenvalue weighted by Crippen LogP contribution is 2.36. The molecule has 8 nitrogen and oxygen atoms in total. The molecule has 0 spiro atoms. The van der Waals surface area contributed by atoms with E-state index in [1.807, 2.05) is 19.1 Å². The number of hydrogen-bond donors (Lipinski definition) is 0. The Bertz CT molecular complexity index is 1380. The van der Waals surface area contributed by atoms with Crippen LogP contribution in [0.1, 0.15) is 54.7 Å². The van der Waals surface area contributed by atoms with Gasteiger partial charge in [-0.15, -0.1) is 0 Å². The van der Waals surface area contributed by atoms with Crippen molar-refractivity contribution in [3.05, 3.63) is 59.1 Å². The zero-order valence-corrected chi connectivity index (χ0v) is 23.3. The lowest BCUT2D eigenvalue weighted by Crippen LogP contribution is -2.34. The predicted molar refractivity (Wildman–Crippen MR) is 146 cm³/mol. The SMILES string of the molecule is Cc1ncc(-c2ccc(C)c(S(=O)(=O)N3CCCCCc4cc5c(cc4CN(C)CCCC3)OCO5)c2)o1. The highest BCUT2D eigenvalue weighted by Gasteiger charge is 2.27. The Kier molecular flexibility index (Phi) is 8.07. The summed E-state index contributed by atoms with van der Waals surface area (Å²) in [5, 5.41) is 0. The van der Waals surface area contributed by atoms with Crippen molar-refractivity contribution in [3.8, 4) is 22.8 Å². The number of benzene rings is 2. The fourth-order valence-electron chi connectivity index (χ4n) is 5.24. The first-order valence-corrected chi connectivity index (χ1v) is 14.9. The number of hydrogen-bond acceptors (Lipinski definition) is 7. The molecule has 9 heteroatoms. The molecule has 2 aliphatic rings. The van der Waals surface area contributed by atoms with Crippen LogP contribution in [-0.2, 0) is 23.0 Å². The Morgan fingerprint density at radius 3 is 2.32 bits per heavy atom. The van der Waals surface area contributed by atoms with E-state index < -0.39 is 10.0 Å². The minimum Gasteiger partial charge on any atom is -0.454 e. The minimum absolute atomic E-state index is 0.277.